The Bertz CT molecular complexity index is 400. The van der Waals surface area contributed by atoms with Crippen LogP contribution in [0.1, 0.15) is 48.4 Å². The van der Waals surface area contributed by atoms with Crippen LogP contribution < -0.4 is 0 Å². The Balaban J connectivity index is 2.33. The first-order valence-corrected chi connectivity index (χ1v) is 5.77. The van der Waals surface area contributed by atoms with Crippen LogP contribution in [0.3, 0.4) is 0 Å². The number of carbonyl (C=O) groups excluding carboxylic acids is 1. The van der Waals surface area contributed by atoms with Crippen molar-refractivity contribution >= 4 is 5.91 Å². The molecule has 1 aliphatic heterocycles. The van der Waals surface area contributed by atoms with Gasteiger partial charge in [-0.05, 0) is 40.5 Å². The molecule has 0 aliphatic carbocycles. The van der Waals surface area contributed by atoms with Gasteiger partial charge in [0.1, 0.15) is 0 Å². The highest BCUT2D eigenvalue weighted by molar-refractivity contribution is 5.97. The molecule has 1 aromatic heterocycles. The second-order valence-corrected chi connectivity index (χ2v) is 5.18. The number of nitrogens with zero attached hydrogens (tertiary/aromatic N) is 2. The summed E-state index contributed by atoms with van der Waals surface area (Å²) >= 11 is 0. The first-order valence-electron chi connectivity index (χ1n) is 5.77. The first kappa shape index (κ1) is 11.2. The van der Waals surface area contributed by atoms with E-state index in [1.54, 1.807) is 0 Å². The van der Waals surface area contributed by atoms with Crippen molar-refractivity contribution in [2.75, 3.05) is 6.54 Å². The van der Waals surface area contributed by atoms with Crippen LogP contribution in [0.5, 0.6) is 0 Å². The van der Waals surface area contributed by atoms with Crippen molar-refractivity contribution < 1.29 is 4.79 Å². The van der Waals surface area contributed by atoms with Crippen molar-refractivity contribution in [2.45, 2.75) is 46.1 Å². The van der Waals surface area contributed by atoms with Crippen LogP contribution in [0, 0.1) is 13.8 Å². The van der Waals surface area contributed by atoms with Gasteiger partial charge in [0.05, 0.1) is 11.3 Å². The largest absolute Gasteiger partial charge is 0.333 e. The number of nitrogens with one attached hydrogen (secondary N) is 1. The Morgan fingerprint density at radius 3 is 2.56 bits per heavy atom. The van der Waals surface area contributed by atoms with Crippen molar-refractivity contribution in [3.63, 3.8) is 0 Å². The van der Waals surface area contributed by atoms with Crippen molar-refractivity contribution in [2.24, 2.45) is 0 Å². The minimum Gasteiger partial charge on any atom is -0.333 e. The Labute approximate surface area is 96.0 Å². The van der Waals surface area contributed by atoms with E-state index in [-0.39, 0.29) is 11.4 Å². The quantitative estimate of drug-likeness (QED) is 0.789. The molecule has 4 heteroatoms. The predicted molar refractivity (Wildman–Crippen MR) is 62.4 cm³/mol. The maximum absolute atomic E-state index is 12.4. The molecule has 0 bridgehead atoms. The standard InChI is InChI=1S/C12H19N3O/c1-8-10(9(2)14-13-8)11(16)15-7-5-6-12(15,3)4/h5-7H2,1-4H3,(H,13,14). The Morgan fingerprint density at radius 2 is 2.12 bits per heavy atom. The molecule has 0 saturated carbocycles. The van der Waals surface area contributed by atoms with Gasteiger partial charge in [-0.3, -0.25) is 9.89 Å². The van der Waals surface area contributed by atoms with Gasteiger partial charge in [-0.1, -0.05) is 0 Å². The highest BCUT2D eigenvalue weighted by atomic mass is 16.2. The molecule has 16 heavy (non-hydrogen) atoms. The zero-order chi connectivity index (χ0) is 11.9. The number of H-pyrrole nitrogens is 1. The smallest absolute Gasteiger partial charge is 0.258 e. The monoisotopic (exact) mass is 221 g/mol. The zero-order valence-electron chi connectivity index (χ0n) is 10.4. The molecule has 1 aliphatic rings. The van der Waals surface area contributed by atoms with E-state index >= 15 is 0 Å². The molecule has 0 spiro atoms. The Morgan fingerprint density at radius 1 is 1.44 bits per heavy atom. The van der Waals surface area contributed by atoms with Crippen LogP contribution in [0.25, 0.3) is 0 Å². The number of amides is 1. The number of aromatic nitrogens is 2. The molecule has 1 aromatic rings. The van der Waals surface area contributed by atoms with Crippen molar-refractivity contribution in [3.8, 4) is 0 Å². The molecule has 0 aromatic carbocycles. The molecule has 88 valence electrons. The first-order chi connectivity index (χ1) is 7.43. The molecule has 1 saturated heterocycles. The van der Waals surface area contributed by atoms with Gasteiger partial charge in [0.15, 0.2) is 0 Å². The van der Waals surface area contributed by atoms with E-state index in [2.05, 4.69) is 24.0 Å². The minimum atomic E-state index is -0.0206. The highest BCUT2D eigenvalue weighted by Gasteiger charge is 2.37. The third-order valence-electron chi connectivity index (χ3n) is 3.49. The van der Waals surface area contributed by atoms with Gasteiger partial charge in [0.25, 0.3) is 5.91 Å². The van der Waals surface area contributed by atoms with Gasteiger partial charge >= 0.3 is 0 Å². The molecule has 2 heterocycles. The summed E-state index contributed by atoms with van der Waals surface area (Å²) in [6.45, 7) is 8.89. The van der Waals surface area contributed by atoms with Crippen molar-refractivity contribution in [3.05, 3.63) is 17.0 Å². The Hall–Kier alpha value is -1.32. The average molecular weight is 221 g/mol. The second-order valence-electron chi connectivity index (χ2n) is 5.18. The fraction of sp³-hybridized carbons (Fsp3) is 0.667. The molecule has 1 amide bonds. The van der Waals surface area contributed by atoms with E-state index < -0.39 is 0 Å². The van der Waals surface area contributed by atoms with E-state index in [4.69, 9.17) is 0 Å². The molecular weight excluding hydrogens is 202 g/mol. The van der Waals surface area contributed by atoms with Crippen LogP contribution in [-0.4, -0.2) is 33.1 Å². The molecule has 0 unspecified atom stereocenters. The lowest BCUT2D eigenvalue weighted by Crippen LogP contribution is -2.43. The molecular formula is C12H19N3O. The number of aromatic amines is 1. The summed E-state index contributed by atoms with van der Waals surface area (Å²) in [6, 6.07) is 0. The number of aryl methyl sites for hydroxylation is 2. The topological polar surface area (TPSA) is 49.0 Å². The fourth-order valence-corrected chi connectivity index (χ4v) is 2.48. The lowest BCUT2D eigenvalue weighted by atomic mass is 10.0. The van der Waals surface area contributed by atoms with Crippen LogP contribution in [-0.2, 0) is 0 Å². The third-order valence-corrected chi connectivity index (χ3v) is 3.49. The number of likely N-dealkylation sites (tertiary alicyclic amines) is 1. The third kappa shape index (κ3) is 1.62. The zero-order valence-corrected chi connectivity index (χ0v) is 10.4. The second kappa shape index (κ2) is 3.61. The maximum atomic E-state index is 12.4. The summed E-state index contributed by atoms with van der Waals surface area (Å²) in [7, 11) is 0. The fourth-order valence-electron chi connectivity index (χ4n) is 2.48. The van der Waals surface area contributed by atoms with Crippen LogP contribution in [0.15, 0.2) is 0 Å². The molecule has 1 N–H and O–H groups in total. The normalized spacial score (nSPS) is 19.1. The summed E-state index contributed by atoms with van der Waals surface area (Å²) in [5.41, 5.74) is 2.39. The molecule has 2 rings (SSSR count). The molecule has 1 fully saturated rings. The van der Waals surface area contributed by atoms with E-state index in [0.717, 1.165) is 36.3 Å². The van der Waals surface area contributed by atoms with Gasteiger partial charge < -0.3 is 4.90 Å². The van der Waals surface area contributed by atoms with E-state index in [1.807, 2.05) is 18.7 Å². The summed E-state index contributed by atoms with van der Waals surface area (Å²) in [5.74, 6) is 0.117. The van der Waals surface area contributed by atoms with Crippen molar-refractivity contribution in [1.29, 1.82) is 0 Å². The summed E-state index contributed by atoms with van der Waals surface area (Å²) in [6.07, 6.45) is 2.17. The van der Waals surface area contributed by atoms with Crippen LogP contribution in [0.4, 0.5) is 0 Å². The number of rotatable bonds is 1. The lowest BCUT2D eigenvalue weighted by molar-refractivity contribution is 0.0650. The van der Waals surface area contributed by atoms with E-state index in [9.17, 15) is 4.79 Å². The van der Waals surface area contributed by atoms with Crippen LogP contribution in [0.2, 0.25) is 0 Å². The minimum absolute atomic E-state index is 0.0206. The summed E-state index contributed by atoms with van der Waals surface area (Å²) in [4.78, 5) is 14.4. The number of hydrogen-bond acceptors (Lipinski definition) is 2. The summed E-state index contributed by atoms with van der Waals surface area (Å²) in [5, 5.41) is 6.96. The summed E-state index contributed by atoms with van der Waals surface area (Å²) < 4.78 is 0. The van der Waals surface area contributed by atoms with Gasteiger partial charge in [0, 0.05) is 17.8 Å². The SMILES string of the molecule is Cc1n[nH]c(C)c1C(=O)N1CCCC1(C)C. The maximum Gasteiger partial charge on any atom is 0.258 e. The van der Waals surface area contributed by atoms with Gasteiger partial charge in [0.2, 0.25) is 0 Å². The number of carbonyl (C=O) groups is 1. The van der Waals surface area contributed by atoms with Crippen molar-refractivity contribution in [1.82, 2.24) is 15.1 Å². The van der Waals surface area contributed by atoms with Gasteiger partial charge in [-0.2, -0.15) is 5.10 Å². The lowest BCUT2D eigenvalue weighted by Gasteiger charge is -2.31. The van der Waals surface area contributed by atoms with Gasteiger partial charge in [-0.25, -0.2) is 0 Å². The molecule has 0 radical (unpaired) electrons. The molecule has 4 nitrogen and oxygen atoms in total. The van der Waals surface area contributed by atoms with Gasteiger partial charge in [-0.15, -0.1) is 0 Å². The molecule has 0 atom stereocenters. The number of hydrogen-bond donors (Lipinski definition) is 1. The Kier molecular flexibility index (Phi) is 2.52. The average Bonchev–Trinajstić information content (AvgIpc) is 2.69. The highest BCUT2D eigenvalue weighted by Crippen LogP contribution is 2.30. The van der Waals surface area contributed by atoms with Crippen LogP contribution >= 0.6 is 0 Å². The predicted octanol–water partition coefficient (Wildman–Crippen LogP) is 2.04. The van der Waals surface area contributed by atoms with E-state index in [0.29, 0.717) is 0 Å². The van der Waals surface area contributed by atoms with E-state index in [1.165, 1.54) is 0 Å².